The van der Waals surface area contributed by atoms with Gasteiger partial charge in [-0.2, -0.15) is 13.2 Å². The Labute approximate surface area is 167 Å². The number of alkyl halides is 3. The second-order valence-electron chi connectivity index (χ2n) is 7.01. The Bertz CT molecular complexity index is 983. The summed E-state index contributed by atoms with van der Waals surface area (Å²) in [4.78, 5) is 0. The third kappa shape index (κ3) is 5.50. The predicted molar refractivity (Wildman–Crippen MR) is 106 cm³/mol. The highest BCUT2D eigenvalue weighted by atomic mass is 19.4. The molecule has 2 nitrogen and oxygen atoms in total. The van der Waals surface area contributed by atoms with Crippen LogP contribution in [0.4, 0.5) is 23.2 Å². The molecule has 1 N–H and O–H groups in total. The second kappa shape index (κ2) is 8.55. The zero-order valence-electron chi connectivity index (χ0n) is 16.1. The lowest BCUT2D eigenvalue weighted by atomic mass is 10.0. The Hall–Kier alpha value is -3.02. The largest absolute Gasteiger partial charge is 0.457 e. The molecule has 0 heterocycles. The number of anilines is 1. The van der Waals surface area contributed by atoms with Gasteiger partial charge in [-0.25, -0.2) is 4.39 Å². The van der Waals surface area contributed by atoms with Crippen molar-refractivity contribution in [3.05, 3.63) is 89.2 Å². The lowest BCUT2D eigenvalue weighted by molar-refractivity contribution is -0.137. The Morgan fingerprint density at radius 2 is 1.59 bits per heavy atom. The van der Waals surface area contributed by atoms with E-state index in [-0.39, 0.29) is 12.1 Å². The van der Waals surface area contributed by atoms with E-state index in [1.54, 1.807) is 24.3 Å². The van der Waals surface area contributed by atoms with Crippen LogP contribution in [0.25, 0.3) is 0 Å². The minimum atomic E-state index is -4.56. The van der Waals surface area contributed by atoms with Crippen molar-refractivity contribution in [1.29, 1.82) is 0 Å². The number of ether oxygens (including phenoxy) is 1. The van der Waals surface area contributed by atoms with Crippen LogP contribution in [0.15, 0.2) is 66.7 Å². The average molecular weight is 403 g/mol. The zero-order valence-corrected chi connectivity index (χ0v) is 16.1. The fraction of sp³-hybridized carbons (Fsp3) is 0.217. The van der Waals surface area contributed by atoms with Gasteiger partial charge in [0.2, 0.25) is 0 Å². The van der Waals surface area contributed by atoms with Crippen molar-refractivity contribution in [1.82, 2.24) is 0 Å². The first kappa shape index (κ1) is 20.7. The normalized spacial score (nSPS) is 11.6. The van der Waals surface area contributed by atoms with Crippen molar-refractivity contribution in [3.8, 4) is 11.5 Å². The monoisotopic (exact) mass is 403 g/mol. The first-order valence-electron chi connectivity index (χ1n) is 9.20. The molecule has 0 bridgehead atoms. The number of rotatable bonds is 6. The quantitative estimate of drug-likeness (QED) is 0.434. The van der Waals surface area contributed by atoms with Crippen LogP contribution in [0.5, 0.6) is 11.5 Å². The van der Waals surface area contributed by atoms with Crippen LogP contribution in [0, 0.1) is 5.82 Å². The van der Waals surface area contributed by atoms with Gasteiger partial charge in [0, 0.05) is 23.9 Å². The fourth-order valence-corrected chi connectivity index (χ4v) is 2.81. The molecule has 0 radical (unpaired) electrons. The van der Waals surface area contributed by atoms with Gasteiger partial charge in [0.15, 0.2) is 0 Å². The molecule has 3 aromatic rings. The second-order valence-corrected chi connectivity index (χ2v) is 7.01. The molecule has 6 heteroatoms. The molecule has 3 rings (SSSR count). The van der Waals surface area contributed by atoms with Crippen LogP contribution >= 0.6 is 0 Å². The van der Waals surface area contributed by atoms with Crippen molar-refractivity contribution < 1.29 is 22.3 Å². The van der Waals surface area contributed by atoms with Gasteiger partial charge in [-0.1, -0.05) is 38.1 Å². The Morgan fingerprint density at radius 1 is 0.897 bits per heavy atom. The fourth-order valence-electron chi connectivity index (χ4n) is 2.81. The van der Waals surface area contributed by atoms with Crippen LogP contribution in [0.3, 0.4) is 0 Å². The molecule has 0 aliphatic heterocycles. The van der Waals surface area contributed by atoms with Gasteiger partial charge in [-0.15, -0.1) is 0 Å². The Kier molecular flexibility index (Phi) is 6.11. The van der Waals surface area contributed by atoms with E-state index >= 15 is 0 Å². The summed E-state index contributed by atoms with van der Waals surface area (Å²) in [7, 11) is 0. The Balaban J connectivity index is 1.68. The maximum atomic E-state index is 14.0. The highest BCUT2D eigenvalue weighted by Gasteiger charge is 2.31. The summed E-state index contributed by atoms with van der Waals surface area (Å²) in [6.45, 7) is 4.25. The van der Waals surface area contributed by atoms with Crippen LogP contribution < -0.4 is 10.1 Å². The first-order valence-corrected chi connectivity index (χ1v) is 9.20. The zero-order chi connectivity index (χ0) is 21.0. The summed E-state index contributed by atoms with van der Waals surface area (Å²) >= 11 is 0. The molecule has 152 valence electrons. The number of hydrogen-bond donors (Lipinski definition) is 1. The summed E-state index contributed by atoms with van der Waals surface area (Å²) in [5, 5.41) is 3.01. The smallest absolute Gasteiger partial charge is 0.416 e. The molecule has 0 unspecified atom stereocenters. The van der Waals surface area contributed by atoms with Crippen molar-refractivity contribution in [2.75, 3.05) is 5.32 Å². The van der Waals surface area contributed by atoms with Crippen molar-refractivity contribution in [2.24, 2.45) is 0 Å². The molecule has 0 fully saturated rings. The Morgan fingerprint density at radius 3 is 2.24 bits per heavy atom. The molecule has 3 aromatic carbocycles. The lowest BCUT2D eigenvalue weighted by Gasteiger charge is -2.13. The average Bonchev–Trinajstić information content (AvgIpc) is 2.67. The van der Waals surface area contributed by atoms with E-state index in [2.05, 4.69) is 19.2 Å². The highest BCUT2D eigenvalue weighted by Crippen LogP contribution is 2.31. The summed E-state index contributed by atoms with van der Waals surface area (Å²) in [6, 6.07) is 17.4. The van der Waals surface area contributed by atoms with E-state index in [0.29, 0.717) is 29.2 Å². The van der Waals surface area contributed by atoms with E-state index in [1.165, 1.54) is 0 Å². The lowest BCUT2D eigenvalue weighted by Crippen LogP contribution is -2.08. The summed E-state index contributed by atoms with van der Waals surface area (Å²) in [5.41, 5.74) is 0.975. The molecule has 0 atom stereocenters. The van der Waals surface area contributed by atoms with E-state index in [9.17, 15) is 17.6 Å². The SMILES string of the molecule is CC(C)c1cccc(Oc2cccc(NCc3ccc(C(F)(F)F)cc3F)c2)c1. The number of halogens is 4. The summed E-state index contributed by atoms with van der Waals surface area (Å²) in [6.07, 6.45) is -4.56. The molecule has 29 heavy (non-hydrogen) atoms. The van der Waals surface area contributed by atoms with Crippen LogP contribution in [-0.4, -0.2) is 0 Å². The van der Waals surface area contributed by atoms with Gasteiger partial charge in [-0.05, 0) is 47.9 Å². The standard InChI is InChI=1S/C23H21F4NO/c1-15(2)16-5-3-7-20(11-16)29-21-8-4-6-19(13-21)28-14-17-9-10-18(12-22(17)24)23(25,26)27/h3-13,15,28H,14H2,1-2H3. The van der Waals surface area contributed by atoms with E-state index in [1.807, 2.05) is 24.3 Å². The van der Waals surface area contributed by atoms with Crippen molar-refractivity contribution in [3.63, 3.8) is 0 Å². The van der Waals surface area contributed by atoms with Gasteiger partial charge in [0.25, 0.3) is 0 Å². The van der Waals surface area contributed by atoms with E-state index in [0.717, 1.165) is 17.7 Å². The number of hydrogen-bond acceptors (Lipinski definition) is 2. The molecule has 0 spiro atoms. The van der Waals surface area contributed by atoms with Gasteiger partial charge < -0.3 is 10.1 Å². The number of nitrogens with one attached hydrogen (secondary N) is 1. The summed E-state index contributed by atoms with van der Waals surface area (Å²) in [5.74, 6) is 0.793. The van der Waals surface area contributed by atoms with Gasteiger partial charge in [0.05, 0.1) is 5.56 Å². The maximum absolute atomic E-state index is 14.0. The third-order valence-corrected chi connectivity index (χ3v) is 4.46. The first-order chi connectivity index (χ1) is 13.7. The van der Waals surface area contributed by atoms with Gasteiger partial charge in [0.1, 0.15) is 17.3 Å². The predicted octanol–water partition coefficient (Wildman–Crippen LogP) is 7.37. The molecule has 0 aliphatic carbocycles. The van der Waals surface area contributed by atoms with Gasteiger partial charge >= 0.3 is 6.18 Å². The van der Waals surface area contributed by atoms with Gasteiger partial charge in [-0.3, -0.25) is 0 Å². The molecule has 0 saturated carbocycles. The summed E-state index contributed by atoms with van der Waals surface area (Å²) < 4.78 is 57.8. The minimum Gasteiger partial charge on any atom is -0.457 e. The van der Waals surface area contributed by atoms with E-state index in [4.69, 9.17) is 4.74 Å². The van der Waals surface area contributed by atoms with E-state index < -0.39 is 17.6 Å². The van der Waals surface area contributed by atoms with Crippen molar-refractivity contribution in [2.45, 2.75) is 32.5 Å². The highest BCUT2D eigenvalue weighted by molar-refractivity contribution is 5.50. The number of benzene rings is 3. The molecular formula is C23H21F4NO. The van der Waals surface area contributed by atoms with Crippen LogP contribution in [0.2, 0.25) is 0 Å². The van der Waals surface area contributed by atoms with Crippen LogP contribution in [-0.2, 0) is 12.7 Å². The molecule has 0 aliphatic rings. The molecule has 0 aromatic heterocycles. The molecular weight excluding hydrogens is 382 g/mol. The molecule has 0 saturated heterocycles. The minimum absolute atomic E-state index is 0.0518. The third-order valence-electron chi connectivity index (χ3n) is 4.46. The molecule has 0 amide bonds. The van der Waals surface area contributed by atoms with Crippen molar-refractivity contribution >= 4 is 5.69 Å². The maximum Gasteiger partial charge on any atom is 0.416 e. The van der Waals surface area contributed by atoms with Crippen LogP contribution in [0.1, 0.15) is 36.5 Å². The topological polar surface area (TPSA) is 21.3 Å².